The summed E-state index contributed by atoms with van der Waals surface area (Å²) < 4.78 is 11.4. The summed E-state index contributed by atoms with van der Waals surface area (Å²) in [5.74, 6) is 1.61. The Hall–Kier alpha value is -4.70. The molecule has 4 aromatic carbocycles. The van der Waals surface area contributed by atoms with Gasteiger partial charge in [-0.2, -0.15) is 0 Å². The number of fused-ring (bicyclic) bond motifs is 2. The molecule has 0 spiro atoms. The van der Waals surface area contributed by atoms with E-state index in [4.69, 9.17) is 19.4 Å². The molecule has 0 radical (unpaired) electrons. The van der Waals surface area contributed by atoms with E-state index in [9.17, 15) is 0 Å². The van der Waals surface area contributed by atoms with Crippen LogP contribution in [0.1, 0.15) is 11.1 Å². The van der Waals surface area contributed by atoms with E-state index < -0.39 is 0 Å². The summed E-state index contributed by atoms with van der Waals surface area (Å²) in [6.07, 6.45) is 4.44. The number of pyridine rings is 2. The van der Waals surface area contributed by atoms with Gasteiger partial charge in [-0.05, 0) is 76.9 Å². The van der Waals surface area contributed by atoms with Crippen LogP contribution in [0.3, 0.4) is 0 Å². The zero-order chi connectivity index (χ0) is 25.2. The van der Waals surface area contributed by atoms with Gasteiger partial charge in [0.05, 0.1) is 25.6 Å². The van der Waals surface area contributed by atoms with E-state index >= 15 is 0 Å². The first-order valence-electron chi connectivity index (χ1n) is 12.3. The quantitative estimate of drug-likeness (QED) is 0.244. The molecule has 0 saturated heterocycles. The molecule has 2 aromatic heterocycles. The highest BCUT2D eigenvalue weighted by Gasteiger charge is 2.12. The number of aromatic nitrogens is 2. The van der Waals surface area contributed by atoms with E-state index in [2.05, 4.69) is 60.7 Å². The molecule has 4 heteroatoms. The molecular weight excluding hydrogens is 456 g/mol. The summed E-state index contributed by atoms with van der Waals surface area (Å²) in [6, 6.07) is 33.4. The smallest absolute Gasteiger partial charge is 0.119 e. The first-order chi connectivity index (χ1) is 18.2. The molecule has 0 amide bonds. The topological polar surface area (TPSA) is 44.2 Å². The Labute approximate surface area is 216 Å². The van der Waals surface area contributed by atoms with Gasteiger partial charge >= 0.3 is 0 Å². The molecule has 0 aliphatic carbocycles. The molecule has 0 N–H and O–H groups in total. The van der Waals surface area contributed by atoms with Crippen LogP contribution in [0.25, 0.3) is 44.1 Å². The Morgan fingerprint density at radius 3 is 1.46 bits per heavy atom. The molecular formula is C33H26N2O2. The van der Waals surface area contributed by atoms with Gasteiger partial charge in [0.15, 0.2) is 0 Å². The molecule has 4 nitrogen and oxygen atoms in total. The summed E-state index contributed by atoms with van der Waals surface area (Å²) in [7, 11) is 3.41. The number of hydrogen-bond donors (Lipinski definition) is 0. The molecule has 6 rings (SSSR count). The Kier molecular flexibility index (Phi) is 5.99. The second-order valence-corrected chi connectivity index (χ2v) is 9.08. The van der Waals surface area contributed by atoms with Gasteiger partial charge in [0.25, 0.3) is 0 Å². The van der Waals surface area contributed by atoms with Gasteiger partial charge in [0.1, 0.15) is 11.5 Å². The Morgan fingerprint density at radius 2 is 1.00 bits per heavy atom. The van der Waals surface area contributed by atoms with Crippen molar-refractivity contribution in [1.29, 1.82) is 0 Å². The maximum absolute atomic E-state index is 5.69. The van der Waals surface area contributed by atoms with E-state index in [1.807, 2.05) is 48.8 Å². The monoisotopic (exact) mass is 482 g/mol. The van der Waals surface area contributed by atoms with Gasteiger partial charge in [0.2, 0.25) is 0 Å². The highest BCUT2D eigenvalue weighted by Crippen LogP contribution is 2.33. The van der Waals surface area contributed by atoms with Crippen LogP contribution < -0.4 is 9.47 Å². The highest BCUT2D eigenvalue weighted by atomic mass is 16.5. The molecule has 6 aromatic rings. The van der Waals surface area contributed by atoms with Crippen molar-refractivity contribution in [3.05, 3.63) is 121 Å². The minimum atomic E-state index is 0.712. The Balaban J connectivity index is 1.44. The summed E-state index contributed by atoms with van der Waals surface area (Å²) >= 11 is 0. The average Bonchev–Trinajstić information content (AvgIpc) is 2.96. The van der Waals surface area contributed by atoms with Gasteiger partial charge in [-0.15, -0.1) is 0 Å². The summed E-state index contributed by atoms with van der Waals surface area (Å²) in [5, 5.41) is 4.57. The third-order valence-electron chi connectivity index (χ3n) is 6.71. The van der Waals surface area contributed by atoms with Crippen molar-refractivity contribution in [2.24, 2.45) is 0 Å². The fraction of sp³-hybridized carbons (Fsp3) is 0.0909. The lowest BCUT2D eigenvalue weighted by Gasteiger charge is -2.13. The number of benzene rings is 4. The summed E-state index contributed by atoms with van der Waals surface area (Å²) in [5.41, 5.74) is 6.23. The van der Waals surface area contributed by atoms with E-state index in [1.54, 1.807) is 14.2 Å². The van der Waals surface area contributed by atoms with Crippen molar-refractivity contribution in [3.63, 3.8) is 0 Å². The largest absolute Gasteiger partial charge is 0.497 e. The Morgan fingerprint density at radius 1 is 0.541 bits per heavy atom. The number of rotatable bonds is 6. The van der Waals surface area contributed by atoms with Crippen molar-refractivity contribution in [1.82, 2.24) is 9.97 Å². The highest BCUT2D eigenvalue weighted by molar-refractivity contribution is 5.95. The zero-order valence-corrected chi connectivity index (χ0v) is 20.8. The van der Waals surface area contributed by atoms with Gasteiger partial charge in [0, 0.05) is 34.3 Å². The number of ether oxygens (including phenoxy) is 2. The minimum Gasteiger partial charge on any atom is -0.497 e. The summed E-state index contributed by atoms with van der Waals surface area (Å²) in [4.78, 5) is 9.45. The van der Waals surface area contributed by atoms with Crippen LogP contribution in [0.15, 0.2) is 109 Å². The fourth-order valence-corrected chi connectivity index (χ4v) is 4.97. The molecule has 0 saturated carbocycles. The maximum Gasteiger partial charge on any atom is 0.119 e. The molecule has 0 aliphatic heterocycles. The SMILES string of the molecule is COc1cc(Cc2cc(OC)cc(-c3nccc4ccccc34)c2)cc(-c2nccc3ccccc23)c1. The average molecular weight is 483 g/mol. The third-order valence-corrected chi connectivity index (χ3v) is 6.71. The standard InChI is InChI=1S/C33H26N2O2/c1-36-28-18-22(16-26(20-28)32-30-9-5-3-7-24(30)11-13-34-32)15-23-17-27(21-29(19-23)37-2)33-31-10-6-4-8-25(31)12-14-35-33/h3-14,16-21H,15H2,1-2H3. The molecule has 2 heterocycles. The Bertz CT molecular complexity index is 1600. The van der Waals surface area contributed by atoms with Crippen molar-refractivity contribution in [3.8, 4) is 34.0 Å². The van der Waals surface area contributed by atoms with Crippen molar-refractivity contribution in [2.45, 2.75) is 6.42 Å². The normalized spacial score (nSPS) is 11.1. The van der Waals surface area contributed by atoms with Crippen molar-refractivity contribution in [2.75, 3.05) is 14.2 Å². The first-order valence-corrected chi connectivity index (χ1v) is 12.3. The second kappa shape index (κ2) is 9.75. The number of methoxy groups -OCH3 is 2. The van der Waals surface area contributed by atoms with Crippen LogP contribution in [0, 0.1) is 0 Å². The fourth-order valence-electron chi connectivity index (χ4n) is 4.97. The zero-order valence-electron chi connectivity index (χ0n) is 20.8. The predicted octanol–water partition coefficient (Wildman–Crippen LogP) is 7.73. The van der Waals surface area contributed by atoms with Gasteiger partial charge in [-0.3, -0.25) is 9.97 Å². The second-order valence-electron chi connectivity index (χ2n) is 9.08. The molecule has 37 heavy (non-hydrogen) atoms. The van der Waals surface area contributed by atoms with Crippen LogP contribution in [0.2, 0.25) is 0 Å². The van der Waals surface area contributed by atoms with Crippen molar-refractivity contribution < 1.29 is 9.47 Å². The molecule has 0 fully saturated rings. The molecule has 0 atom stereocenters. The lowest BCUT2D eigenvalue weighted by molar-refractivity contribution is 0.414. The van der Waals surface area contributed by atoms with Crippen LogP contribution in [-0.2, 0) is 6.42 Å². The molecule has 180 valence electrons. The third kappa shape index (κ3) is 4.50. The van der Waals surface area contributed by atoms with Crippen LogP contribution in [-0.4, -0.2) is 24.2 Å². The minimum absolute atomic E-state index is 0.712. The molecule has 0 bridgehead atoms. The lowest BCUT2D eigenvalue weighted by Crippen LogP contribution is -1.96. The van der Waals surface area contributed by atoms with Crippen LogP contribution >= 0.6 is 0 Å². The van der Waals surface area contributed by atoms with E-state index in [0.717, 1.165) is 66.7 Å². The first kappa shape index (κ1) is 22.7. The maximum atomic E-state index is 5.69. The predicted molar refractivity (Wildman–Crippen MR) is 150 cm³/mol. The number of hydrogen-bond acceptors (Lipinski definition) is 4. The van der Waals surface area contributed by atoms with Crippen molar-refractivity contribution >= 4 is 21.5 Å². The van der Waals surface area contributed by atoms with Gasteiger partial charge in [-0.1, -0.05) is 48.5 Å². The molecule has 0 unspecified atom stereocenters. The molecule has 0 aliphatic rings. The van der Waals surface area contributed by atoms with Gasteiger partial charge < -0.3 is 9.47 Å². The van der Waals surface area contributed by atoms with E-state index in [0.29, 0.717) is 6.42 Å². The lowest BCUT2D eigenvalue weighted by atomic mass is 9.96. The van der Waals surface area contributed by atoms with Crippen LogP contribution in [0.5, 0.6) is 11.5 Å². The number of nitrogens with zero attached hydrogens (tertiary/aromatic N) is 2. The van der Waals surface area contributed by atoms with Crippen LogP contribution in [0.4, 0.5) is 0 Å². The van der Waals surface area contributed by atoms with E-state index in [1.165, 1.54) is 0 Å². The van der Waals surface area contributed by atoms with Gasteiger partial charge in [-0.25, -0.2) is 0 Å². The summed E-state index contributed by atoms with van der Waals surface area (Å²) in [6.45, 7) is 0. The van der Waals surface area contributed by atoms with E-state index in [-0.39, 0.29) is 0 Å².